The zero-order valence-electron chi connectivity index (χ0n) is 16.0. The van der Waals surface area contributed by atoms with Crippen LogP contribution in [-0.2, 0) is 5.41 Å². The first-order chi connectivity index (χ1) is 12.3. The lowest BCUT2D eigenvalue weighted by atomic mass is 9.86. The van der Waals surface area contributed by atoms with E-state index < -0.39 is 0 Å². The summed E-state index contributed by atoms with van der Waals surface area (Å²) in [6.07, 6.45) is 3.43. The summed E-state index contributed by atoms with van der Waals surface area (Å²) in [6.45, 7) is 9.78. The first-order valence-electron chi connectivity index (χ1n) is 9.19. The van der Waals surface area contributed by atoms with Crippen LogP contribution in [0.15, 0.2) is 36.5 Å². The van der Waals surface area contributed by atoms with Crippen molar-refractivity contribution < 1.29 is 9.53 Å². The third-order valence-electron chi connectivity index (χ3n) is 4.76. The average molecular weight is 353 g/mol. The van der Waals surface area contributed by atoms with Crippen molar-refractivity contribution in [2.24, 2.45) is 0 Å². The fraction of sp³-hybridized carbons (Fsp3) is 0.476. The van der Waals surface area contributed by atoms with Gasteiger partial charge in [0.25, 0.3) is 5.91 Å². The second kappa shape index (κ2) is 7.44. The van der Waals surface area contributed by atoms with Crippen LogP contribution in [0.5, 0.6) is 5.88 Å². The Morgan fingerprint density at radius 3 is 2.35 bits per heavy atom. The molecule has 3 rings (SSSR count). The van der Waals surface area contributed by atoms with E-state index in [-0.39, 0.29) is 17.4 Å². The van der Waals surface area contributed by atoms with E-state index in [1.165, 1.54) is 5.56 Å². The van der Waals surface area contributed by atoms with Gasteiger partial charge in [0.15, 0.2) is 0 Å². The minimum Gasteiger partial charge on any atom is -0.474 e. The minimum atomic E-state index is 0.0939. The molecule has 0 atom stereocenters. The molecule has 0 radical (unpaired) electrons. The number of aromatic nitrogens is 2. The van der Waals surface area contributed by atoms with Crippen LogP contribution in [0.2, 0.25) is 0 Å². The number of piperidine rings is 1. The van der Waals surface area contributed by atoms with Gasteiger partial charge in [-0.3, -0.25) is 4.79 Å². The Morgan fingerprint density at radius 2 is 1.77 bits per heavy atom. The van der Waals surface area contributed by atoms with Crippen molar-refractivity contribution in [3.8, 4) is 5.88 Å². The molecule has 0 aliphatic carbocycles. The van der Waals surface area contributed by atoms with Crippen LogP contribution in [0, 0.1) is 6.92 Å². The zero-order valence-corrected chi connectivity index (χ0v) is 16.0. The molecule has 5 heteroatoms. The van der Waals surface area contributed by atoms with Gasteiger partial charge in [0, 0.05) is 43.8 Å². The van der Waals surface area contributed by atoms with Gasteiger partial charge in [-0.15, -0.1) is 0 Å². The minimum absolute atomic E-state index is 0.0939. The summed E-state index contributed by atoms with van der Waals surface area (Å²) in [4.78, 5) is 23.0. The fourth-order valence-electron chi connectivity index (χ4n) is 3.14. The van der Waals surface area contributed by atoms with Crippen LogP contribution in [0.4, 0.5) is 0 Å². The van der Waals surface area contributed by atoms with Crippen molar-refractivity contribution in [1.29, 1.82) is 0 Å². The van der Waals surface area contributed by atoms with E-state index in [1.807, 2.05) is 24.0 Å². The Hall–Kier alpha value is -2.43. The highest BCUT2D eigenvalue weighted by Gasteiger charge is 2.25. The molecule has 138 valence electrons. The highest BCUT2D eigenvalue weighted by atomic mass is 16.5. The molecule has 1 amide bonds. The van der Waals surface area contributed by atoms with E-state index in [1.54, 1.807) is 12.3 Å². The molecule has 0 bridgehead atoms. The second-order valence-corrected chi connectivity index (χ2v) is 7.88. The van der Waals surface area contributed by atoms with Crippen LogP contribution < -0.4 is 4.74 Å². The van der Waals surface area contributed by atoms with E-state index in [0.29, 0.717) is 24.8 Å². The molecule has 1 saturated heterocycles. The summed E-state index contributed by atoms with van der Waals surface area (Å²) in [6, 6.07) is 9.77. The molecule has 0 saturated carbocycles. The fourth-order valence-corrected chi connectivity index (χ4v) is 3.14. The largest absolute Gasteiger partial charge is 0.474 e. The maximum atomic E-state index is 12.7. The zero-order chi connectivity index (χ0) is 18.7. The first-order valence-corrected chi connectivity index (χ1v) is 9.19. The van der Waals surface area contributed by atoms with E-state index in [9.17, 15) is 4.79 Å². The average Bonchev–Trinajstić information content (AvgIpc) is 2.61. The number of aryl methyl sites for hydroxylation is 1. The quantitative estimate of drug-likeness (QED) is 0.843. The lowest BCUT2D eigenvalue weighted by Crippen LogP contribution is -2.41. The molecular formula is C21H27N3O2. The number of amides is 1. The van der Waals surface area contributed by atoms with Crippen molar-refractivity contribution in [2.45, 2.75) is 52.1 Å². The number of ether oxygens (including phenoxy) is 1. The molecule has 0 N–H and O–H groups in total. The second-order valence-electron chi connectivity index (χ2n) is 7.88. The van der Waals surface area contributed by atoms with E-state index >= 15 is 0 Å². The van der Waals surface area contributed by atoms with Gasteiger partial charge in [-0.05, 0) is 30.0 Å². The van der Waals surface area contributed by atoms with Gasteiger partial charge in [0.05, 0.1) is 0 Å². The van der Waals surface area contributed by atoms with Gasteiger partial charge in [-0.2, -0.15) is 4.98 Å². The molecule has 1 aromatic carbocycles. The molecule has 0 unspecified atom stereocenters. The number of hydrogen-bond acceptors (Lipinski definition) is 4. The predicted molar refractivity (Wildman–Crippen MR) is 101 cm³/mol. The summed E-state index contributed by atoms with van der Waals surface area (Å²) in [7, 11) is 0. The Bertz CT molecular complexity index is 758. The van der Waals surface area contributed by atoms with Crippen LogP contribution in [0.3, 0.4) is 0 Å². The van der Waals surface area contributed by atoms with Crippen LogP contribution in [0.1, 0.15) is 55.4 Å². The molecule has 1 aromatic heterocycles. The lowest BCUT2D eigenvalue weighted by Gasteiger charge is -2.32. The van der Waals surface area contributed by atoms with E-state index in [0.717, 1.165) is 18.4 Å². The summed E-state index contributed by atoms with van der Waals surface area (Å²) in [5.41, 5.74) is 2.08. The number of hydrogen-bond donors (Lipinski definition) is 0. The molecule has 26 heavy (non-hydrogen) atoms. The summed E-state index contributed by atoms with van der Waals surface area (Å²) in [5, 5.41) is 0. The van der Waals surface area contributed by atoms with Crippen LogP contribution in [-0.4, -0.2) is 40.0 Å². The van der Waals surface area contributed by atoms with Crippen molar-refractivity contribution in [1.82, 2.24) is 14.9 Å². The summed E-state index contributed by atoms with van der Waals surface area (Å²) >= 11 is 0. The molecule has 1 aliphatic rings. The summed E-state index contributed by atoms with van der Waals surface area (Å²) in [5.74, 6) is 1.41. The topological polar surface area (TPSA) is 55.3 Å². The third kappa shape index (κ3) is 4.40. The predicted octanol–water partition coefficient (Wildman–Crippen LogP) is 3.77. The maximum absolute atomic E-state index is 12.7. The number of carbonyl (C=O) groups excluding carboxylic acids is 1. The van der Waals surface area contributed by atoms with Crippen LogP contribution >= 0.6 is 0 Å². The first kappa shape index (κ1) is 18.4. The molecule has 5 nitrogen and oxygen atoms in total. The van der Waals surface area contributed by atoms with Gasteiger partial charge in [0.2, 0.25) is 5.88 Å². The van der Waals surface area contributed by atoms with Crippen LogP contribution in [0.25, 0.3) is 0 Å². The van der Waals surface area contributed by atoms with E-state index in [2.05, 4.69) is 42.9 Å². The SMILES string of the molecule is Cc1nccc(OC2CCN(C(=O)c3ccc(C(C)(C)C)cc3)CC2)n1. The Morgan fingerprint density at radius 1 is 1.12 bits per heavy atom. The lowest BCUT2D eigenvalue weighted by molar-refractivity contribution is 0.0587. The van der Waals surface area contributed by atoms with Gasteiger partial charge in [-0.25, -0.2) is 4.98 Å². The Kier molecular flexibility index (Phi) is 5.25. The number of nitrogens with zero attached hydrogens (tertiary/aromatic N) is 3. The Labute approximate surface area is 155 Å². The third-order valence-corrected chi connectivity index (χ3v) is 4.76. The number of likely N-dealkylation sites (tertiary alicyclic amines) is 1. The molecular weight excluding hydrogens is 326 g/mol. The highest BCUT2D eigenvalue weighted by Crippen LogP contribution is 2.23. The molecule has 1 aliphatic heterocycles. The molecule has 2 heterocycles. The van der Waals surface area contributed by atoms with Crippen molar-refractivity contribution in [3.05, 3.63) is 53.5 Å². The smallest absolute Gasteiger partial charge is 0.253 e. The van der Waals surface area contributed by atoms with Gasteiger partial charge in [-0.1, -0.05) is 32.9 Å². The number of benzene rings is 1. The normalized spacial score (nSPS) is 15.8. The van der Waals surface area contributed by atoms with Gasteiger partial charge < -0.3 is 9.64 Å². The van der Waals surface area contributed by atoms with Crippen molar-refractivity contribution >= 4 is 5.91 Å². The van der Waals surface area contributed by atoms with Gasteiger partial charge in [0.1, 0.15) is 11.9 Å². The number of carbonyl (C=O) groups is 1. The van der Waals surface area contributed by atoms with Gasteiger partial charge >= 0.3 is 0 Å². The summed E-state index contributed by atoms with van der Waals surface area (Å²) < 4.78 is 5.93. The Balaban J connectivity index is 1.56. The number of rotatable bonds is 3. The molecule has 1 fully saturated rings. The highest BCUT2D eigenvalue weighted by molar-refractivity contribution is 5.94. The standard InChI is InChI=1S/C21H27N3O2/c1-15-22-12-9-19(23-15)26-18-10-13-24(14-11-18)20(25)16-5-7-17(8-6-16)21(2,3)4/h5-9,12,18H,10-11,13-14H2,1-4H3. The van der Waals surface area contributed by atoms with Crippen molar-refractivity contribution in [2.75, 3.05) is 13.1 Å². The van der Waals surface area contributed by atoms with E-state index in [4.69, 9.17) is 4.74 Å². The molecule has 0 spiro atoms. The maximum Gasteiger partial charge on any atom is 0.253 e. The molecule has 2 aromatic rings. The monoisotopic (exact) mass is 353 g/mol. The van der Waals surface area contributed by atoms with Crippen molar-refractivity contribution in [3.63, 3.8) is 0 Å².